The smallest absolute Gasteiger partial charge is 0.317 e. The van der Waals surface area contributed by atoms with Crippen LogP contribution in [0.25, 0.3) is 0 Å². The van der Waals surface area contributed by atoms with Crippen LogP contribution in [0.5, 0.6) is 0 Å². The predicted molar refractivity (Wildman–Crippen MR) is 86.4 cm³/mol. The molecule has 0 radical (unpaired) electrons. The lowest BCUT2D eigenvalue weighted by atomic mass is 10.1. The van der Waals surface area contributed by atoms with Gasteiger partial charge in [0.2, 0.25) is 0 Å². The van der Waals surface area contributed by atoms with Gasteiger partial charge in [-0.25, -0.2) is 9.78 Å². The minimum atomic E-state index is -0.0846. The van der Waals surface area contributed by atoms with Gasteiger partial charge in [-0.15, -0.1) is 11.3 Å². The maximum Gasteiger partial charge on any atom is 0.317 e. The van der Waals surface area contributed by atoms with Crippen LogP contribution in [0, 0.1) is 13.8 Å². The fraction of sp³-hybridized carbons (Fsp3) is 0.375. The van der Waals surface area contributed by atoms with Crippen LogP contribution in [0.15, 0.2) is 29.6 Å². The van der Waals surface area contributed by atoms with E-state index in [1.807, 2.05) is 44.5 Å². The Morgan fingerprint density at radius 2 is 2.10 bits per heavy atom. The van der Waals surface area contributed by atoms with Crippen LogP contribution in [-0.4, -0.2) is 23.0 Å². The Bertz CT molecular complexity index is 623. The summed E-state index contributed by atoms with van der Waals surface area (Å²) in [6.45, 7) is 6.57. The molecule has 5 heteroatoms. The number of nitrogens with zero attached hydrogens (tertiary/aromatic N) is 2. The Morgan fingerprint density at radius 3 is 2.71 bits per heavy atom. The second-order valence-corrected chi connectivity index (χ2v) is 6.17. The first-order chi connectivity index (χ1) is 9.97. The number of aryl methyl sites for hydroxylation is 2. The van der Waals surface area contributed by atoms with Crippen molar-refractivity contribution < 1.29 is 4.79 Å². The third-order valence-electron chi connectivity index (χ3n) is 3.36. The number of urea groups is 1. The normalized spacial score (nSPS) is 12.0. The molecular weight excluding hydrogens is 282 g/mol. The summed E-state index contributed by atoms with van der Waals surface area (Å²) in [6.07, 6.45) is 0. The van der Waals surface area contributed by atoms with E-state index in [-0.39, 0.29) is 12.1 Å². The number of nitrogens with one attached hydrogen (secondary N) is 1. The van der Waals surface area contributed by atoms with Crippen molar-refractivity contribution in [3.05, 3.63) is 51.5 Å². The number of aromatic nitrogens is 1. The van der Waals surface area contributed by atoms with Crippen molar-refractivity contribution in [3.63, 3.8) is 0 Å². The number of thiazole rings is 1. The summed E-state index contributed by atoms with van der Waals surface area (Å²) in [4.78, 5) is 18.3. The van der Waals surface area contributed by atoms with Crippen molar-refractivity contribution in [2.45, 2.75) is 33.4 Å². The van der Waals surface area contributed by atoms with E-state index in [0.717, 1.165) is 16.3 Å². The number of carbonyl (C=O) groups excluding carboxylic acids is 1. The van der Waals surface area contributed by atoms with E-state index < -0.39 is 0 Å². The average molecular weight is 303 g/mol. The summed E-state index contributed by atoms with van der Waals surface area (Å²) in [7, 11) is 1.81. The van der Waals surface area contributed by atoms with Gasteiger partial charge in [-0.3, -0.25) is 0 Å². The Hall–Kier alpha value is -1.88. The third-order valence-corrected chi connectivity index (χ3v) is 4.51. The summed E-state index contributed by atoms with van der Waals surface area (Å²) < 4.78 is 0. The summed E-state index contributed by atoms with van der Waals surface area (Å²) >= 11 is 1.57. The molecule has 4 nitrogen and oxygen atoms in total. The first kappa shape index (κ1) is 15.5. The fourth-order valence-electron chi connectivity index (χ4n) is 2.04. The maximum absolute atomic E-state index is 12.2. The van der Waals surface area contributed by atoms with Gasteiger partial charge in [0.15, 0.2) is 0 Å². The van der Waals surface area contributed by atoms with Gasteiger partial charge in [-0.05, 0) is 31.9 Å². The lowest BCUT2D eigenvalue weighted by Crippen LogP contribution is -2.38. The second-order valence-electron chi connectivity index (χ2n) is 5.28. The average Bonchev–Trinajstić information content (AvgIpc) is 2.88. The van der Waals surface area contributed by atoms with E-state index >= 15 is 0 Å². The molecule has 2 rings (SSSR count). The third kappa shape index (κ3) is 4.04. The van der Waals surface area contributed by atoms with Crippen molar-refractivity contribution in [2.24, 2.45) is 0 Å². The Balaban J connectivity index is 1.95. The molecule has 1 aromatic carbocycles. The predicted octanol–water partition coefficient (Wildman–Crippen LogP) is 3.66. The largest absolute Gasteiger partial charge is 0.329 e. The van der Waals surface area contributed by atoms with Crippen LogP contribution in [0.2, 0.25) is 0 Å². The van der Waals surface area contributed by atoms with Gasteiger partial charge < -0.3 is 10.2 Å². The van der Waals surface area contributed by atoms with Gasteiger partial charge in [-0.2, -0.15) is 0 Å². The molecule has 2 aromatic rings. The van der Waals surface area contributed by atoms with Gasteiger partial charge in [0.1, 0.15) is 5.01 Å². The van der Waals surface area contributed by atoms with E-state index in [0.29, 0.717) is 6.54 Å². The number of hydrogen-bond acceptors (Lipinski definition) is 3. The summed E-state index contributed by atoms with van der Waals surface area (Å²) in [5.41, 5.74) is 3.35. The second kappa shape index (κ2) is 6.72. The van der Waals surface area contributed by atoms with Crippen LogP contribution in [0.1, 0.15) is 34.8 Å². The molecule has 2 amide bonds. The molecule has 1 heterocycles. The van der Waals surface area contributed by atoms with Gasteiger partial charge in [0.25, 0.3) is 0 Å². The van der Waals surface area contributed by atoms with Crippen molar-refractivity contribution in [2.75, 3.05) is 7.05 Å². The van der Waals surface area contributed by atoms with Crippen molar-refractivity contribution in [1.82, 2.24) is 15.2 Å². The highest BCUT2D eigenvalue weighted by atomic mass is 32.1. The Morgan fingerprint density at radius 1 is 1.38 bits per heavy atom. The molecule has 0 bridgehead atoms. The summed E-state index contributed by atoms with van der Waals surface area (Å²) in [5, 5.41) is 5.91. The van der Waals surface area contributed by atoms with Gasteiger partial charge in [-0.1, -0.05) is 24.3 Å². The molecule has 1 atom stereocenters. The zero-order valence-electron chi connectivity index (χ0n) is 12.9. The summed E-state index contributed by atoms with van der Waals surface area (Å²) in [5.74, 6) is 0. The highest BCUT2D eigenvalue weighted by Gasteiger charge is 2.16. The van der Waals surface area contributed by atoms with Crippen LogP contribution >= 0.6 is 11.3 Å². The van der Waals surface area contributed by atoms with Crippen molar-refractivity contribution >= 4 is 17.4 Å². The zero-order valence-corrected chi connectivity index (χ0v) is 13.7. The molecule has 0 saturated heterocycles. The fourth-order valence-corrected chi connectivity index (χ4v) is 2.85. The van der Waals surface area contributed by atoms with Gasteiger partial charge in [0.05, 0.1) is 6.04 Å². The molecule has 0 aliphatic heterocycles. The molecule has 0 fully saturated rings. The molecule has 0 spiro atoms. The lowest BCUT2D eigenvalue weighted by molar-refractivity contribution is 0.203. The molecule has 0 aliphatic carbocycles. The molecule has 1 N–H and O–H groups in total. The van der Waals surface area contributed by atoms with E-state index in [4.69, 9.17) is 0 Å². The van der Waals surface area contributed by atoms with Crippen molar-refractivity contribution in [3.8, 4) is 0 Å². The highest BCUT2D eigenvalue weighted by molar-refractivity contribution is 7.09. The van der Waals surface area contributed by atoms with Crippen LogP contribution in [0.4, 0.5) is 4.79 Å². The van der Waals surface area contributed by atoms with E-state index in [1.165, 1.54) is 5.56 Å². The van der Waals surface area contributed by atoms with Crippen LogP contribution in [-0.2, 0) is 6.54 Å². The van der Waals surface area contributed by atoms with E-state index in [1.54, 1.807) is 16.2 Å². The summed E-state index contributed by atoms with van der Waals surface area (Å²) in [6, 6.07) is 7.95. The van der Waals surface area contributed by atoms with Gasteiger partial charge in [0, 0.05) is 24.7 Å². The first-order valence-corrected chi connectivity index (χ1v) is 7.83. The topological polar surface area (TPSA) is 45.2 Å². The number of carbonyl (C=O) groups is 1. The lowest BCUT2D eigenvalue weighted by Gasteiger charge is -2.21. The molecule has 21 heavy (non-hydrogen) atoms. The number of amides is 2. The first-order valence-electron chi connectivity index (χ1n) is 6.95. The standard InChI is InChI=1S/C16H21N3OS/c1-11-7-5-6-8-14(11)9-19(4)16(20)18-13(3)15-17-12(2)10-21-15/h5-8,10,13H,9H2,1-4H3,(H,18,20). The quantitative estimate of drug-likeness (QED) is 0.937. The number of benzene rings is 1. The minimum absolute atomic E-state index is 0.0736. The molecule has 0 aliphatic rings. The van der Waals surface area contributed by atoms with Crippen LogP contribution < -0.4 is 5.32 Å². The maximum atomic E-state index is 12.2. The number of rotatable bonds is 4. The molecule has 1 aromatic heterocycles. The number of hydrogen-bond donors (Lipinski definition) is 1. The molecule has 112 valence electrons. The van der Waals surface area contributed by atoms with E-state index in [2.05, 4.69) is 23.3 Å². The van der Waals surface area contributed by atoms with Crippen LogP contribution in [0.3, 0.4) is 0 Å². The Kier molecular flexibility index (Phi) is 4.96. The molecule has 1 unspecified atom stereocenters. The highest BCUT2D eigenvalue weighted by Crippen LogP contribution is 2.18. The molecular formula is C16H21N3OS. The zero-order chi connectivity index (χ0) is 15.4. The SMILES string of the molecule is Cc1csc(C(C)NC(=O)N(C)Cc2ccccc2C)n1. The molecule has 0 saturated carbocycles. The van der Waals surface area contributed by atoms with Crippen molar-refractivity contribution in [1.29, 1.82) is 0 Å². The minimum Gasteiger partial charge on any atom is -0.329 e. The van der Waals surface area contributed by atoms with Gasteiger partial charge >= 0.3 is 6.03 Å². The van der Waals surface area contributed by atoms with E-state index in [9.17, 15) is 4.79 Å². The monoisotopic (exact) mass is 303 g/mol. The Labute approximate surface area is 129 Å².